The number of fused-ring (bicyclic) bond motifs is 1. The SMILES string of the molecule is O=[N+]([O-])c1cc(C=Nc2cccc3cccnc23)c([O-])c([N+](=O)[O-])c1. The molecule has 0 fully saturated rings. The topological polar surface area (TPSA) is 135 Å². The van der Waals surface area contributed by atoms with E-state index in [2.05, 4.69) is 9.98 Å². The van der Waals surface area contributed by atoms with Crippen molar-refractivity contribution in [1.29, 1.82) is 0 Å². The fourth-order valence-corrected chi connectivity index (χ4v) is 2.29. The predicted molar refractivity (Wildman–Crippen MR) is 88.2 cm³/mol. The molecule has 124 valence electrons. The van der Waals surface area contributed by atoms with E-state index in [-0.39, 0.29) is 5.56 Å². The molecular formula is C16H9N4O5-. The van der Waals surface area contributed by atoms with Crippen LogP contribution in [0.1, 0.15) is 5.56 Å². The minimum atomic E-state index is -0.952. The average molecular weight is 337 g/mol. The second-order valence-electron chi connectivity index (χ2n) is 5.01. The van der Waals surface area contributed by atoms with Crippen molar-refractivity contribution < 1.29 is 15.0 Å². The number of nitro benzene ring substituents is 2. The molecule has 0 aliphatic rings. The summed E-state index contributed by atoms with van der Waals surface area (Å²) in [5.74, 6) is -0.937. The third-order valence-corrected chi connectivity index (χ3v) is 3.44. The van der Waals surface area contributed by atoms with Gasteiger partial charge in [-0.1, -0.05) is 18.2 Å². The first kappa shape index (κ1) is 16.0. The lowest BCUT2D eigenvalue weighted by Gasteiger charge is -2.10. The van der Waals surface area contributed by atoms with Crippen molar-refractivity contribution in [2.75, 3.05) is 0 Å². The Hall–Kier alpha value is -3.88. The smallest absolute Gasteiger partial charge is 0.276 e. The number of aliphatic imine (C=N–C) groups is 1. The molecule has 0 saturated heterocycles. The van der Waals surface area contributed by atoms with E-state index >= 15 is 0 Å². The number of nitro groups is 2. The van der Waals surface area contributed by atoms with Crippen molar-refractivity contribution in [1.82, 2.24) is 4.98 Å². The van der Waals surface area contributed by atoms with Crippen molar-refractivity contribution in [3.05, 3.63) is 74.5 Å². The summed E-state index contributed by atoms with van der Waals surface area (Å²) in [4.78, 5) is 28.4. The zero-order chi connectivity index (χ0) is 18.0. The minimum Gasteiger partial charge on any atom is -0.867 e. The molecule has 9 nitrogen and oxygen atoms in total. The van der Waals surface area contributed by atoms with E-state index in [1.54, 1.807) is 24.4 Å². The van der Waals surface area contributed by atoms with E-state index in [1.807, 2.05) is 12.1 Å². The quantitative estimate of drug-likeness (QED) is 0.408. The van der Waals surface area contributed by atoms with E-state index in [1.165, 1.54) is 0 Å². The van der Waals surface area contributed by atoms with Gasteiger partial charge in [0, 0.05) is 23.9 Å². The Labute approximate surface area is 140 Å². The monoisotopic (exact) mass is 337 g/mol. The first-order chi connectivity index (χ1) is 12.0. The van der Waals surface area contributed by atoms with Crippen LogP contribution in [0.4, 0.5) is 17.1 Å². The molecule has 2 aromatic carbocycles. The molecule has 25 heavy (non-hydrogen) atoms. The maximum atomic E-state index is 12.1. The number of nitrogens with zero attached hydrogens (tertiary/aromatic N) is 4. The Morgan fingerprint density at radius 3 is 2.52 bits per heavy atom. The zero-order valence-corrected chi connectivity index (χ0v) is 12.5. The van der Waals surface area contributed by atoms with Crippen molar-refractivity contribution in [3.63, 3.8) is 0 Å². The van der Waals surface area contributed by atoms with E-state index in [0.717, 1.165) is 17.7 Å². The second kappa shape index (κ2) is 6.32. The molecule has 1 aromatic heterocycles. The summed E-state index contributed by atoms with van der Waals surface area (Å²) in [5.41, 5.74) is -0.649. The van der Waals surface area contributed by atoms with Crippen LogP contribution in [0.15, 0.2) is 53.7 Å². The van der Waals surface area contributed by atoms with Gasteiger partial charge in [0.2, 0.25) is 0 Å². The van der Waals surface area contributed by atoms with Gasteiger partial charge >= 0.3 is 0 Å². The van der Waals surface area contributed by atoms with E-state index in [4.69, 9.17) is 0 Å². The second-order valence-corrected chi connectivity index (χ2v) is 5.01. The Morgan fingerprint density at radius 1 is 1.04 bits per heavy atom. The van der Waals surface area contributed by atoms with Gasteiger partial charge in [0.05, 0.1) is 27.1 Å². The van der Waals surface area contributed by atoms with Gasteiger partial charge in [0.15, 0.2) is 0 Å². The largest absolute Gasteiger partial charge is 0.867 e. The maximum absolute atomic E-state index is 12.1. The summed E-state index contributed by atoms with van der Waals surface area (Å²) >= 11 is 0. The number of rotatable bonds is 4. The fourth-order valence-electron chi connectivity index (χ4n) is 2.29. The van der Waals surface area contributed by atoms with Crippen LogP contribution in [0.3, 0.4) is 0 Å². The average Bonchev–Trinajstić information content (AvgIpc) is 2.60. The Balaban J connectivity index is 2.12. The summed E-state index contributed by atoms with van der Waals surface area (Å²) in [6.45, 7) is 0. The van der Waals surface area contributed by atoms with Gasteiger partial charge in [-0.2, -0.15) is 0 Å². The molecule has 0 radical (unpaired) electrons. The molecule has 3 aromatic rings. The van der Waals surface area contributed by atoms with E-state index in [0.29, 0.717) is 17.3 Å². The lowest BCUT2D eigenvalue weighted by molar-refractivity contribution is -0.403. The van der Waals surface area contributed by atoms with E-state index in [9.17, 15) is 25.3 Å². The van der Waals surface area contributed by atoms with Gasteiger partial charge in [0.1, 0.15) is 0 Å². The molecule has 0 N–H and O–H groups in total. The summed E-state index contributed by atoms with van der Waals surface area (Å²) in [6, 6.07) is 10.4. The number of benzene rings is 2. The molecule has 0 aliphatic heterocycles. The van der Waals surface area contributed by atoms with Crippen LogP contribution in [0.2, 0.25) is 0 Å². The summed E-state index contributed by atoms with van der Waals surface area (Å²) in [6.07, 6.45) is 2.66. The Bertz CT molecular complexity index is 1030. The molecule has 0 saturated carbocycles. The normalized spacial score (nSPS) is 11.0. The van der Waals surface area contributed by atoms with Gasteiger partial charge in [-0.25, -0.2) is 0 Å². The molecular weight excluding hydrogens is 328 g/mol. The van der Waals surface area contributed by atoms with Gasteiger partial charge in [0.25, 0.3) is 11.4 Å². The van der Waals surface area contributed by atoms with Crippen molar-refractivity contribution in [2.24, 2.45) is 4.99 Å². The van der Waals surface area contributed by atoms with Gasteiger partial charge in [-0.15, -0.1) is 0 Å². The fraction of sp³-hybridized carbons (Fsp3) is 0. The van der Waals surface area contributed by atoms with E-state index < -0.39 is 27.0 Å². The lowest BCUT2D eigenvalue weighted by atomic mass is 10.1. The molecule has 1 heterocycles. The van der Waals surface area contributed by atoms with Crippen molar-refractivity contribution >= 4 is 34.2 Å². The van der Waals surface area contributed by atoms with Crippen LogP contribution >= 0.6 is 0 Å². The number of para-hydroxylation sites is 1. The number of hydrogen-bond acceptors (Lipinski definition) is 7. The molecule has 0 atom stereocenters. The van der Waals surface area contributed by atoms with Crippen LogP contribution in [-0.4, -0.2) is 21.0 Å². The van der Waals surface area contributed by atoms with Gasteiger partial charge in [-0.3, -0.25) is 30.2 Å². The molecule has 0 unspecified atom stereocenters. The number of pyridine rings is 1. The van der Waals surface area contributed by atoms with Crippen LogP contribution < -0.4 is 5.11 Å². The van der Waals surface area contributed by atoms with Crippen LogP contribution in [0.25, 0.3) is 10.9 Å². The molecule has 0 bridgehead atoms. The third-order valence-electron chi connectivity index (χ3n) is 3.44. The Morgan fingerprint density at radius 2 is 1.80 bits per heavy atom. The van der Waals surface area contributed by atoms with Crippen LogP contribution in [0.5, 0.6) is 5.75 Å². The van der Waals surface area contributed by atoms with Crippen molar-refractivity contribution in [2.45, 2.75) is 0 Å². The summed E-state index contributed by atoms with van der Waals surface area (Å²) < 4.78 is 0. The number of aromatic nitrogens is 1. The molecule has 0 spiro atoms. The maximum Gasteiger partial charge on any atom is 0.276 e. The summed E-state index contributed by atoms with van der Waals surface area (Å²) in [5, 5.41) is 34.8. The first-order valence-electron chi connectivity index (χ1n) is 6.99. The lowest BCUT2D eigenvalue weighted by Crippen LogP contribution is -2.03. The third kappa shape index (κ3) is 3.11. The molecule has 9 heteroatoms. The van der Waals surface area contributed by atoms with Crippen LogP contribution in [-0.2, 0) is 0 Å². The van der Waals surface area contributed by atoms with Gasteiger partial charge in [-0.05, 0) is 23.4 Å². The number of non-ortho nitro benzene ring substituents is 1. The van der Waals surface area contributed by atoms with Crippen LogP contribution in [0, 0.1) is 20.2 Å². The number of hydrogen-bond donors (Lipinski definition) is 0. The molecule has 0 amide bonds. The molecule has 3 rings (SSSR count). The highest BCUT2D eigenvalue weighted by atomic mass is 16.6. The minimum absolute atomic E-state index is 0.242. The summed E-state index contributed by atoms with van der Waals surface area (Å²) in [7, 11) is 0. The highest BCUT2D eigenvalue weighted by molar-refractivity contribution is 5.94. The highest BCUT2D eigenvalue weighted by Crippen LogP contribution is 2.32. The van der Waals surface area contributed by atoms with Gasteiger partial charge < -0.3 is 5.11 Å². The Kier molecular flexibility index (Phi) is 4.04. The molecule has 0 aliphatic carbocycles. The zero-order valence-electron chi connectivity index (χ0n) is 12.5. The standard InChI is InChI=1S/C16H10N4O5/c21-16-11(7-12(19(22)23)8-14(16)20(24)25)9-18-13-5-1-3-10-4-2-6-17-15(10)13/h1-9,21H/p-1. The highest BCUT2D eigenvalue weighted by Gasteiger charge is 2.18. The van der Waals surface area contributed by atoms with Crippen molar-refractivity contribution in [3.8, 4) is 5.75 Å². The predicted octanol–water partition coefficient (Wildman–Crippen LogP) is 2.88. The first-order valence-corrected chi connectivity index (χ1v) is 6.99.